The van der Waals surface area contributed by atoms with Gasteiger partial charge in [-0.05, 0) is 6.92 Å². The summed E-state index contributed by atoms with van der Waals surface area (Å²) in [6, 6.07) is -0.481. The van der Waals surface area contributed by atoms with Crippen LogP contribution in [0.25, 0.3) is 0 Å². The summed E-state index contributed by atoms with van der Waals surface area (Å²) in [5.74, 6) is -0.892. The van der Waals surface area contributed by atoms with Gasteiger partial charge in [0.05, 0.1) is 12.4 Å². The normalized spacial score (nSPS) is 13.3. The molecule has 1 amide bonds. The summed E-state index contributed by atoms with van der Waals surface area (Å²) in [4.78, 5) is 21.1. The fourth-order valence-corrected chi connectivity index (χ4v) is 2.10. The van der Waals surface area contributed by atoms with Gasteiger partial charge in [-0.15, -0.1) is 11.3 Å². The van der Waals surface area contributed by atoms with Crippen molar-refractivity contribution in [3.8, 4) is 0 Å². The monoisotopic (exact) mass is 290 g/mol. The van der Waals surface area contributed by atoms with E-state index in [2.05, 4.69) is 15.3 Å². The molecule has 2 rings (SSSR count). The highest BCUT2D eigenvalue weighted by Crippen LogP contribution is 2.29. The molecule has 2 aromatic heterocycles. The van der Waals surface area contributed by atoms with Gasteiger partial charge in [-0.1, -0.05) is 0 Å². The fourth-order valence-electron chi connectivity index (χ4n) is 1.46. The minimum Gasteiger partial charge on any atom is -0.342 e. The Hall–Kier alpha value is -1.90. The Morgan fingerprint density at radius 2 is 2.21 bits per heavy atom. The number of rotatable bonds is 3. The van der Waals surface area contributed by atoms with Gasteiger partial charge in [0, 0.05) is 11.6 Å². The minimum atomic E-state index is -4.65. The van der Waals surface area contributed by atoms with Crippen LogP contribution < -0.4 is 5.32 Å². The number of carbonyl (C=O) groups is 1. The van der Waals surface area contributed by atoms with E-state index in [1.54, 1.807) is 18.5 Å². The third-order valence-electron chi connectivity index (χ3n) is 2.31. The van der Waals surface area contributed by atoms with Crippen LogP contribution in [0.3, 0.4) is 0 Å². The number of H-pyrrole nitrogens is 1. The first-order valence-electron chi connectivity index (χ1n) is 5.20. The average molecular weight is 290 g/mol. The molecule has 9 heteroatoms. The Morgan fingerprint density at radius 1 is 1.47 bits per heavy atom. The van der Waals surface area contributed by atoms with Crippen molar-refractivity contribution < 1.29 is 18.0 Å². The van der Waals surface area contributed by atoms with Crippen LogP contribution in [0, 0.1) is 0 Å². The number of imidazole rings is 1. The predicted octanol–water partition coefficient (Wildman–Crippen LogP) is 2.38. The van der Waals surface area contributed by atoms with Crippen LogP contribution in [0.4, 0.5) is 13.2 Å². The summed E-state index contributed by atoms with van der Waals surface area (Å²) in [5.41, 5.74) is -1.83. The van der Waals surface area contributed by atoms with Crippen molar-refractivity contribution in [2.24, 2.45) is 0 Å². The van der Waals surface area contributed by atoms with Crippen LogP contribution in [0.1, 0.15) is 34.2 Å². The maximum atomic E-state index is 12.6. The number of hydrogen-bond donors (Lipinski definition) is 2. The summed E-state index contributed by atoms with van der Waals surface area (Å²) in [7, 11) is 0. The van der Waals surface area contributed by atoms with E-state index in [4.69, 9.17) is 0 Å². The summed E-state index contributed by atoms with van der Waals surface area (Å²) < 4.78 is 37.8. The molecule has 1 atom stereocenters. The molecule has 0 unspecified atom stereocenters. The molecule has 0 bridgehead atoms. The third-order valence-corrected chi connectivity index (χ3v) is 3.27. The van der Waals surface area contributed by atoms with Gasteiger partial charge in [0.15, 0.2) is 11.4 Å². The van der Waals surface area contributed by atoms with Crippen molar-refractivity contribution in [1.82, 2.24) is 20.3 Å². The molecule has 2 aromatic rings. The van der Waals surface area contributed by atoms with Crippen molar-refractivity contribution in [3.05, 3.63) is 34.3 Å². The number of nitrogens with one attached hydrogen (secondary N) is 2. The van der Waals surface area contributed by atoms with Crippen molar-refractivity contribution >= 4 is 17.2 Å². The molecular formula is C10H9F3N4OS. The topological polar surface area (TPSA) is 70.7 Å². The molecule has 0 radical (unpaired) electrons. The SMILES string of the molecule is C[C@H](NC(=O)c1nc[nH]c1C(F)(F)F)c1nccs1. The zero-order valence-electron chi connectivity index (χ0n) is 9.65. The van der Waals surface area contributed by atoms with Gasteiger partial charge in [0.1, 0.15) is 5.01 Å². The van der Waals surface area contributed by atoms with E-state index >= 15 is 0 Å². The molecule has 0 aliphatic heterocycles. The smallest absolute Gasteiger partial charge is 0.342 e. The number of thiazole rings is 1. The second kappa shape index (κ2) is 5.00. The van der Waals surface area contributed by atoms with Crippen LogP contribution in [0.15, 0.2) is 17.9 Å². The molecule has 5 nitrogen and oxygen atoms in total. The van der Waals surface area contributed by atoms with E-state index < -0.39 is 29.5 Å². The first-order chi connectivity index (χ1) is 8.89. The Bertz CT molecular complexity index is 564. The number of carbonyl (C=O) groups excluding carboxylic acids is 1. The molecule has 0 aliphatic carbocycles. The first-order valence-corrected chi connectivity index (χ1v) is 6.08. The van der Waals surface area contributed by atoms with Crippen molar-refractivity contribution in [2.45, 2.75) is 19.1 Å². The first kappa shape index (κ1) is 13.5. The van der Waals surface area contributed by atoms with Crippen LogP contribution in [0.2, 0.25) is 0 Å². The Morgan fingerprint density at radius 3 is 2.79 bits per heavy atom. The highest BCUT2D eigenvalue weighted by molar-refractivity contribution is 7.09. The molecular weight excluding hydrogens is 281 g/mol. The highest BCUT2D eigenvalue weighted by Gasteiger charge is 2.38. The summed E-state index contributed by atoms with van der Waals surface area (Å²) in [5, 5.41) is 4.75. The van der Waals surface area contributed by atoms with Crippen LogP contribution in [-0.4, -0.2) is 20.9 Å². The number of aromatic amines is 1. The van der Waals surface area contributed by atoms with Crippen molar-refractivity contribution in [1.29, 1.82) is 0 Å². The Balaban J connectivity index is 2.15. The number of nitrogens with zero attached hydrogens (tertiary/aromatic N) is 2. The molecule has 102 valence electrons. The quantitative estimate of drug-likeness (QED) is 0.911. The summed E-state index contributed by atoms with van der Waals surface area (Å²) >= 11 is 1.30. The van der Waals surface area contributed by atoms with E-state index in [1.165, 1.54) is 11.3 Å². The van der Waals surface area contributed by atoms with Gasteiger partial charge in [0.2, 0.25) is 0 Å². The second-order valence-corrected chi connectivity index (χ2v) is 4.62. The van der Waals surface area contributed by atoms with Gasteiger partial charge in [-0.3, -0.25) is 4.79 Å². The van der Waals surface area contributed by atoms with E-state index in [9.17, 15) is 18.0 Å². The predicted molar refractivity (Wildman–Crippen MR) is 61.6 cm³/mol. The second-order valence-electron chi connectivity index (χ2n) is 3.69. The van der Waals surface area contributed by atoms with Crippen LogP contribution in [0.5, 0.6) is 0 Å². The lowest BCUT2D eigenvalue weighted by Gasteiger charge is -2.11. The van der Waals surface area contributed by atoms with E-state index in [0.717, 1.165) is 6.33 Å². The van der Waals surface area contributed by atoms with Crippen LogP contribution in [-0.2, 0) is 6.18 Å². The van der Waals surface area contributed by atoms with E-state index in [1.807, 2.05) is 4.98 Å². The number of aromatic nitrogens is 3. The molecule has 0 aliphatic rings. The van der Waals surface area contributed by atoms with Crippen molar-refractivity contribution in [3.63, 3.8) is 0 Å². The number of halogens is 3. The largest absolute Gasteiger partial charge is 0.433 e. The molecule has 0 aromatic carbocycles. The van der Waals surface area contributed by atoms with Gasteiger partial charge in [0.25, 0.3) is 5.91 Å². The zero-order valence-corrected chi connectivity index (χ0v) is 10.5. The maximum Gasteiger partial charge on any atom is 0.433 e. The van der Waals surface area contributed by atoms with Crippen LogP contribution >= 0.6 is 11.3 Å². The lowest BCUT2D eigenvalue weighted by Crippen LogP contribution is -2.29. The molecule has 19 heavy (non-hydrogen) atoms. The third kappa shape index (κ3) is 2.92. The molecule has 0 saturated carbocycles. The van der Waals surface area contributed by atoms with Crippen molar-refractivity contribution in [2.75, 3.05) is 0 Å². The minimum absolute atomic E-state index is 0.481. The average Bonchev–Trinajstić information content (AvgIpc) is 2.99. The van der Waals surface area contributed by atoms with Gasteiger partial charge in [-0.25, -0.2) is 9.97 Å². The highest BCUT2D eigenvalue weighted by atomic mass is 32.1. The van der Waals surface area contributed by atoms with Gasteiger partial charge < -0.3 is 10.3 Å². The van der Waals surface area contributed by atoms with E-state index in [-0.39, 0.29) is 0 Å². The summed E-state index contributed by atoms with van der Waals surface area (Å²) in [6.45, 7) is 1.64. The standard InChI is InChI=1S/C10H9F3N4OS/c1-5(9-14-2-3-19-9)17-8(18)6-7(10(11,12)13)16-4-15-6/h2-5H,1H3,(H,15,16)(H,17,18)/t5-/m0/s1. The lowest BCUT2D eigenvalue weighted by atomic mass is 10.2. The summed E-state index contributed by atoms with van der Waals surface area (Å²) in [6.07, 6.45) is -2.25. The Kier molecular flexibility index (Phi) is 3.56. The molecule has 0 spiro atoms. The van der Waals surface area contributed by atoms with E-state index in [0.29, 0.717) is 5.01 Å². The lowest BCUT2D eigenvalue weighted by molar-refractivity contribution is -0.141. The maximum absolute atomic E-state index is 12.6. The molecule has 0 fully saturated rings. The molecule has 0 saturated heterocycles. The zero-order chi connectivity index (χ0) is 14.0. The molecule has 2 heterocycles. The molecule has 2 N–H and O–H groups in total. The number of hydrogen-bond acceptors (Lipinski definition) is 4. The van der Waals surface area contributed by atoms with Gasteiger partial charge >= 0.3 is 6.18 Å². The Labute approximate surface area is 109 Å². The number of amides is 1. The number of alkyl halides is 3. The fraction of sp³-hybridized carbons (Fsp3) is 0.300. The van der Waals surface area contributed by atoms with Gasteiger partial charge in [-0.2, -0.15) is 13.2 Å².